The molecule has 2 aromatic heterocycles. The molecule has 0 fully saturated rings. The van der Waals surface area contributed by atoms with Crippen molar-refractivity contribution in [1.82, 2.24) is 14.8 Å². The molecule has 21 heavy (non-hydrogen) atoms. The lowest BCUT2D eigenvalue weighted by molar-refractivity contribution is 0.111. The SMILES string of the molecule is Cc1ccc(-n2nc(C=O)c3c2-c2ccccc2C3)cn1. The lowest BCUT2D eigenvalue weighted by atomic mass is 10.1. The van der Waals surface area contributed by atoms with E-state index in [1.165, 1.54) is 5.56 Å². The van der Waals surface area contributed by atoms with Crippen molar-refractivity contribution in [2.45, 2.75) is 13.3 Å². The third-order valence-electron chi connectivity index (χ3n) is 3.91. The summed E-state index contributed by atoms with van der Waals surface area (Å²) < 4.78 is 1.83. The molecule has 1 aliphatic rings. The third kappa shape index (κ3) is 1.72. The van der Waals surface area contributed by atoms with Gasteiger partial charge in [0.2, 0.25) is 0 Å². The first-order valence-corrected chi connectivity index (χ1v) is 6.86. The van der Waals surface area contributed by atoms with Crippen LogP contribution in [0.2, 0.25) is 0 Å². The van der Waals surface area contributed by atoms with Gasteiger partial charge in [-0.1, -0.05) is 24.3 Å². The molecule has 4 heteroatoms. The molecule has 2 heterocycles. The Morgan fingerprint density at radius 2 is 2.05 bits per heavy atom. The molecule has 4 nitrogen and oxygen atoms in total. The molecule has 1 aromatic carbocycles. The second-order valence-electron chi connectivity index (χ2n) is 5.23. The van der Waals surface area contributed by atoms with Crippen molar-refractivity contribution in [3.8, 4) is 16.9 Å². The molecule has 0 amide bonds. The van der Waals surface area contributed by atoms with Gasteiger partial charge in [-0.2, -0.15) is 5.10 Å². The van der Waals surface area contributed by atoms with E-state index in [9.17, 15) is 4.79 Å². The van der Waals surface area contributed by atoms with Crippen LogP contribution in [-0.4, -0.2) is 21.1 Å². The van der Waals surface area contributed by atoms with E-state index >= 15 is 0 Å². The predicted octanol–water partition coefficient (Wildman–Crippen LogP) is 2.96. The summed E-state index contributed by atoms with van der Waals surface area (Å²) >= 11 is 0. The second-order valence-corrected chi connectivity index (χ2v) is 5.23. The van der Waals surface area contributed by atoms with Crippen LogP contribution in [0.3, 0.4) is 0 Å². The number of fused-ring (bicyclic) bond motifs is 3. The molecule has 102 valence electrons. The molecule has 1 aliphatic carbocycles. The lowest BCUT2D eigenvalue weighted by Crippen LogP contribution is -2.01. The molecular weight excluding hydrogens is 262 g/mol. The van der Waals surface area contributed by atoms with E-state index < -0.39 is 0 Å². The first-order valence-electron chi connectivity index (χ1n) is 6.86. The molecule has 0 radical (unpaired) electrons. The standard InChI is InChI=1S/C17H13N3O/c1-11-6-7-13(9-18-11)20-17-14-5-3-2-4-12(14)8-15(17)16(10-21)19-20/h2-7,9-10H,8H2,1H3. The fraction of sp³-hybridized carbons (Fsp3) is 0.118. The van der Waals surface area contributed by atoms with Gasteiger partial charge in [0.1, 0.15) is 5.69 Å². The first-order chi connectivity index (χ1) is 10.3. The summed E-state index contributed by atoms with van der Waals surface area (Å²) in [6, 6.07) is 12.1. The number of hydrogen-bond donors (Lipinski definition) is 0. The summed E-state index contributed by atoms with van der Waals surface area (Å²) in [7, 11) is 0. The molecule has 0 saturated heterocycles. The van der Waals surface area contributed by atoms with Gasteiger partial charge in [-0.25, -0.2) is 4.68 Å². The number of carbonyl (C=O) groups excluding carboxylic acids is 1. The number of pyridine rings is 1. The van der Waals surface area contributed by atoms with Crippen molar-refractivity contribution in [3.05, 3.63) is 65.1 Å². The minimum atomic E-state index is 0.516. The summed E-state index contributed by atoms with van der Waals surface area (Å²) in [4.78, 5) is 15.6. The largest absolute Gasteiger partial charge is 0.296 e. The Morgan fingerprint density at radius 3 is 2.81 bits per heavy atom. The normalized spacial score (nSPS) is 12.0. The fourth-order valence-corrected chi connectivity index (χ4v) is 2.88. The van der Waals surface area contributed by atoms with E-state index in [-0.39, 0.29) is 0 Å². The number of rotatable bonds is 2. The quantitative estimate of drug-likeness (QED) is 0.528. The highest BCUT2D eigenvalue weighted by atomic mass is 16.1. The summed E-state index contributed by atoms with van der Waals surface area (Å²) in [6.07, 6.45) is 3.39. The van der Waals surface area contributed by atoms with Crippen LogP contribution in [0.1, 0.15) is 27.3 Å². The number of nitrogens with zero attached hydrogens (tertiary/aromatic N) is 3. The van der Waals surface area contributed by atoms with Crippen molar-refractivity contribution in [2.75, 3.05) is 0 Å². The Balaban J connectivity index is 1.99. The second kappa shape index (κ2) is 4.38. The van der Waals surface area contributed by atoms with Crippen LogP contribution in [0, 0.1) is 6.92 Å². The maximum Gasteiger partial charge on any atom is 0.170 e. The molecule has 0 unspecified atom stereocenters. The number of aryl methyl sites for hydroxylation is 1. The predicted molar refractivity (Wildman–Crippen MR) is 79.7 cm³/mol. The van der Waals surface area contributed by atoms with Crippen molar-refractivity contribution in [1.29, 1.82) is 0 Å². The maximum atomic E-state index is 11.3. The van der Waals surface area contributed by atoms with Crippen molar-refractivity contribution in [3.63, 3.8) is 0 Å². The van der Waals surface area contributed by atoms with E-state index in [2.05, 4.69) is 22.2 Å². The zero-order valence-electron chi connectivity index (χ0n) is 11.6. The van der Waals surface area contributed by atoms with E-state index in [1.54, 1.807) is 6.20 Å². The molecule has 0 aliphatic heterocycles. The molecule has 0 atom stereocenters. The minimum Gasteiger partial charge on any atom is -0.296 e. The molecule has 0 N–H and O–H groups in total. The number of carbonyl (C=O) groups is 1. The van der Waals surface area contributed by atoms with E-state index in [1.807, 2.05) is 35.9 Å². The van der Waals surface area contributed by atoms with Crippen molar-refractivity contribution < 1.29 is 4.79 Å². The van der Waals surface area contributed by atoms with Crippen LogP contribution in [0.4, 0.5) is 0 Å². The Hall–Kier alpha value is -2.75. The van der Waals surface area contributed by atoms with Gasteiger partial charge in [0.15, 0.2) is 6.29 Å². The lowest BCUT2D eigenvalue weighted by Gasteiger charge is -2.07. The smallest absolute Gasteiger partial charge is 0.170 e. The van der Waals surface area contributed by atoms with Gasteiger partial charge in [0.25, 0.3) is 0 Å². The van der Waals surface area contributed by atoms with Gasteiger partial charge in [0.05, 0.1) is 17.6 Å². The van der Waals surface area contributed by atoms with Gasteiger partial charge >= 0.3 is 0 Å². The summed E-state index contributed by atoms with van der Waals surface area (Å²) in [6.45, 7) is 1.95. The Morgan fingerprint density at radius 1 is 1.19 bits per heavy atom. The minimum absolute atomic E-state index is 0.516. The summed E-state index contributed by atoms with van der Waals surface area (Å²) in [5.74, 6) is 0. The average Bonchev–Trinajstić information content (AvgIpc) is 3.05. The van der Waals surface area contributed by atoms with Gasteiger partial charge in [-0.15, -0.1) is 0 Å². The Kier molecular flexibility index (Phi) is 2.51. The topological polar surface area (TPSA) is 47.8 Å². The monoisotopic (exact) mass is 275 g/mol. The van der Waals surface area contributed by atoms with Gasteiger partial charge in [-0.05, 0) is 24.6 Å². The van der Waals surface area contributed by atoms with Gasteiger partial charge in [0, 0.05) is 23.2 Å². The molecule has 0 bridgehead atoms. The number of aromatic nitrogens is 3. The van der Waals surface area contributed by atoms with Crippen LogP contribution < -0.4 is 0 Å². The van der Waals surface area contributed by atoms with E-state index in [0.29, 0.717) is 5.69 Å². The zero-order chi connectivity index (χ0) is 14.4. The van der Waals surface area contributed by atoms with Crippen LogP contribution in [0.5, 0.6) is 0 Å². The van der Waals surface area contributed by atoms with Crippen molar-refractivity contribution in [2.24, 2.45) is 0 Å². The zero-order valence-corrected chi connectivity index (χ0v) is 11.6. The highest BCUT2D eigenvalue weighted by Gasteiger charge is 2.27. The van der Waals surface area contributed by atoms with Gasteiger partial charge < -0.3 is 0 Å². The molecule has 0 saturated carbocycles. The summed E-state index contributed by atoms with van der Waals surface area (Å²) in [5.41, 5.74) is 6.75. The van der Waals surface area contributed by atoms with Gasteiger partial charge in [-0.3, -0.25) is 9.78 Å². The Labute approximate surface area is 122 Å². The molecular formula is C17H13N3O. The molecule has 0 spiro atoms. The molecule has 4 rings (SSSR count). The highest BCUT2D eigenvalue weighted by Crippen LogP contribution is 2.39. The number of aldehydes is 1. The Bertz CT molecular complexity index is 847. The van der Waals surface area contributed by atoms with Crippen LogP contribution in [-0.2, 0) is 6.42 Å². The highest BCUT2D eigenvalue weighted by molar-refractivity contribution is 5.85. The maximum absolute atomic E-state index is 11.3. The third-order valence-corrected chi connectivity index (χ3v) is 3.91. The van der Waals surface area contributed by atoms with Crippen LogP contribution in [0.25, 0.3) is 16.9 Å². The first kappa shape index (κ1) is 12.0. The summed E-state index contributed by atoms with van der Waals surface area (Å²) in [5, 5.41) is 4.46. The van der Waals surface area contributed by atoms with Crippen LogP contribution >= 0.6 is 0 Å². The van der Waals surface area contributed by atoms with E-state index in [4.69, 9.17) is 0 Å². The number of hydrogen-bond acceptors (Lipinski definition) is 3. The fourth-order valence-electron chi connectivity index (χ4n) is 2.88. The average molecular weight is 275 g/mol. The van der Waals surface area contributed by atoms with E-state index in [0.717, 1.165) is 40.9 Å². The van der Waals surface area contributed by atoms with Crippen LogP contribution in [0.15, 0.2) is 42.6 Å². The number of benzene rings is 1. The molecule has 3 aromatic rings. The van der Waals surface area contributed by atoms with Crippen molar-refractivity contribution >= 4 is 6.29 Å².